The fourth-order valence-electron chi connectivity index (χ4n) is 1.35. The van der Waals surface area contributed by atoms with Gasteiger partial charge < -0.3 is 11.1 Å². The molecule has 0 spiro atoms. The summed E-state index contributed by atoms with van der Waals surface area (Å²) < 4.78 is 0. The number of aryl methyl sites for hydroxylation is 1. The second-order valence-electron chi connectivity index (χ2n) is 3.73. The lowest BCUT2D eigenvalue weighted by Gasteiger charge is -2.02. The van der Waals surface area contributed by atoms with Crippen LogP contribution in [0.15, 0.2) is 6.07 Å². The fraction of sp³-hybridized carbons (Fsp3) is 0.400. The molecular formula is C10H12N2O2S. The van der Waals surface area contributed by atoms with Gasteiger partial charge in [-0.25, -0.2) is 0 Å². The summed E-state index contributed by atoms with van der Waals surface area (Å²) in [6, 6.07) is 1.70. The minimum atomic E-state index is -0.495. The van der Waals surface area contributed by atoms with Crippen molar-refractivity contribution in [3.8, 4) is 0 Å². The van der Waals surface area contributed by atoms with Gasteiger partial charge in [0.05, 0.1) is 5.56 Å². The molecule has 0 saturated heterocycles. The van der Waals surface area contributed by atoms with Gasteiger partial charge >= 0.3 is 0 Å². The van der Waals surface area contributed by atoms with Crippen molar-refractivity contribution in [2.45, 2.75) is 19.8 Å². The number of hydrogen-bond donors (Lipinski definition) is 2. The molecule has 15 heavy (non-hydrogen) atoms. The van der Waals surface area contributed by atoms with Gasteiger partial charge in [-0.3, -0.25) is 9.59 Å². The predicted octanol–water partition coefficient (Wildman–Crippen LogP) is 1.50. The van der Waals surface area contributed by atoms with Crippen molar-refractivity contribution in [2.24, 2.45) is 11.7 Å². The minimum Gasteiger partial charge on any atom is -0.366 e. The summed E-state index contributed by atoms with van der Waals surface area (Å²) in [5.41, 5.74) is 5.62. The molecule has 1 fully saturated rings. The Bertz CT molecular complexity index is 421. The Morgan fingerprint density at radius 2 is 2.20 bits per heavy atom. The van der Waals surface area contributed by atoms with Crippen molar-refractivity contribution in [2.75, 3.05) is 5.32 Å². The number of nitrogens with two attached hydrogens (primary N) is 1. The fourth-order valence-corrected chi connectivity index (χ4v) is 2.27. The van der Waals surface area contributed by atoms with E-state index in [0.717, 1.165) is 17.7 Å². The Morgan fingerprint density at radius 1 is 1.53 bits per heavy atom. The lowest BCUT2D eigenvalue weighted by molar-refractivity contribution is -0.117. The minimum absolute atomic E-state index is 0.000602. The maximum absolute atomic E-state index is 11.5. The molecule has 5 heteroatoms. The van der Waals surface area contributed by atoms with Crippen LogP contribution in [0, 0.1) is 12.8 Å². The number of amides is 2. The van der Waals surface area contributed by atoms with Gasteiger partial charge in [0.2, 0.25) is 5.91 Å². The Labute approximate surface area is 91.5 Å². The average Bonchev–Trinajstić information content (AvgIpc) is 2.91. The van der Waals surface area contributed by atoms with Gasteiger partial charge in [-0.2, -0.15) is 0 Å². The first-order valence-corrected chi connectivity index (χ1v) is 5.60. The summed E-state index contributed by atoms with van der Waals surface area (Å²) in [6.07, 6.45) is 1.89. The van der Waals surface area contributed by atoms with E-state index in [-0.39, 0.29) is 11.8 Å². The molecule has 1 saturated carbocycles. The molecule has 1 aliphatic rings. The van der Waals surface area contributed by atoms with E-state index in [0.29, 0.717) is 10.6 Å². The van der Waals surface area contributed by atoms with E-state index in [4.69, 9.17) is 5.73 Å². The summed E-state index contributed by atoms with van der Waals surface area (Å²) >= 11 is 1.38. The zero-order valence-corrected chi connectivity index (χ0v) is 9.19. The smallest absolute Gasteiger partial charge is 0.251 e. The van der Waals surface area contributed by atoms with Gasteiger partial charge in [-0.05, 0) is 25.8 Å². The molecule has 2 rings (SSSR count). The van der Waals surface area contributed by atoms with Crippen LogP contribution in [0.2, 0.25) is 0 Å². The van der Waals surface area contributed by atoms with Gasteiger partial charge in [0, 0.05) is 10.8 Å². The molecule has 0 bridgehead atoms. The van der Waals surface area contributed by atoms with E-state index in [2.05, 4.69) is 5.32 Å². The summed E-state index contributed by atoms with van der Waals surface area (Å²) in [5.74, 6) is -0.363. The van der Waals surface area contributed by atoms with E-state index in [1.54, 1.807) is 6.07 Å². The maximum Gasteiger partial charge on any atom is 0.251 e. The Morgan fingerprint density at radius 3 is 2.73 bits per heavy atom. The zero-order chi connectivity index (χ0) is 11.0. The first kappa shape index (κ1) is 10.2. The first-order chi connectivity index (χ1) is 7.08. The number of carbonyl (C=O) groups is 2. The molecule has 1 aromatic rings. The Balaban J connectivity index is 2.18. The third kappa shape index (κ3) is 2.18. The number of anilines is 1. The van der Waals surface area contributed by atoms with E-state index in [1.165, 1.54) is 11.3 Å². The lowest BCUT2D eigenvalue weighted by atomic mass is 10.2. The largest absolute Gasteiger partial charge is 0.366 e. The highest BCUT2D eigenvalue weighted by atomic mass is 32.1. The normalized spacial score (nSPS) is 15.0. The molecule has 0 unspecified atom stereocenters. The summed E-state index contributed by atoms with van der Waals surface area (Å²) in [6.45, 7) is 1.88. The number of thiophene rings is 1. The molecule has 1 heterocycles. The van der Waals surface area contributed by atoms with Gasteiger partial charge in [-0.1, -0.05) is 0 Å². The van der Waals surface area contributed by atoms with Crippen molar-refractivity contribution >= 4 is 28.2 Å². The molecular weight excluding hydrogens is 212 g/mol. The van der Waals surface area contributed by atoms with Gasteiger partial charge in [-0.15, -0.1) is 11.3 Å². The van der Waals surface area contributed by atoms with E-state index >= 15 is 0 Å². The van der Waals surface area contributed by atoms with Crippen LogP contribution in [0.4, 0.5) is 5.00 Å². The number of primary amides is 1. The van der Waals surface area contributed by atoms with Crippen molar-refractivity contribution in [1.82, 2.24) is 0 Å². The van der Waals surface area contributed by atoms with Crippen LogP contribution in [-0.2, 0) is 4.79 Å². The molecule has 2 amide bonds. The second kappa shape index (κ2) is 3.66. The van der Waals surface area contributed by atoms with Gasteiger partial charge in [0.15, 0.2) is 0 Å². The first-order valence-electron chi connectivity index (χ1n) is 4.79. The van der Waals surface area contributed by atoms with Crippen LogP contribution in [0.1, 0.15) is 28.1 Å². The van der Waals surface area contributed by atoms with Crippen molar-refractivity contribution < 1.29 is 9.59 Å². The molecule has 1 aromatic heterocycles. The number of rotatable bonds is 3. The molecule has 3 N–H and O–H groups in total. The summed E-state index contributed by atoms with van der Waals surface area (Å²) in [4.78, 5) is 23.5. The van der Waals surface area contributed by atoms with E-state index in [1.807, 2.05) is 6.92 Å². The molecule has 80 valence electrons. The SMILES string of the molecule is Cc1cc(C(N)=O)c(NC(=O)C2CC2)s1. The molecule has 1 aliphatic carbocycles. The standard InChI is InChI=1S/C10H12N2O2S/c1-5-4-7(8(11)13)10(15-5)12-9(14)6-2-3-6/h4,6H,2-3H2,1H3,(H2,11,13)(H,12,14). The van der Waals surface area contributed by atoms with Gasteiger partial charge in [0.25, 0.3) is 5.91 Å². The van der Waals surface area contributed by atoms with Crippen molar-refractivity contribution in [3.05, 3.63) is 16.5 Å². The van der Waals surface area contributed by atoms with Crippen molar-refractivity contribution in [3.63, 3.8) is 0 Å². The number of nitrogens with one attached hydrogen (secondary N) is 1. The van der Waals surface area contributed by atoms with Crippen LogP contribution in [-0.4, -0.2) is 11.8 Å². The second-order valence-corrected chi connectivity index (χ2v) is 4.98. The van der Waals surface area contributed by atoms with Crippen LogP contribution in [0.3, 0.4) is 0 Å². The van der Waals surface area contributed by atoms with E-state index < -0.39 is 5.91 Å². The Kier molecular flexibility index (Phi) is 2.48. The monoisotopic (exact) mass is 224 g/mol. The highest BCUT2D eigenvalue weighted by Crippen LogP contribution is 2.33. The predicted molar refractivity (Wildman–Crippen MR) is 58.9 cm³/mol. The third-order valence-electron chi connectivity index (χ3n) is 2.31. The molecule has 0 atom stereocenters. The maximum atomic E-state index is 11.5. The van der Waals surface area contributed by atoms with Crippen LogP contribution in [0.25, 0.3) is 0 Å². The molecule has 4 nitrogen and oxygen atoms in total. The van der Waals surface area contributed by atoms with Crippen LogP contribution in [0.5, 0.6) is 0 Å². The molecule has 0 aliphatic heterocycles. The Hall–Kier alpha value is -1.36. The van der Waals surface area contributed by atoms with Crippen molar-refractivity contribution in [1.29, 1.82) is 0 Å². The third-order valence-corrected chi connectivity index (χ3v) is 3.27. The highest BCUT2D eigenvalue weighted by Gasteiger charge is 2.30. The quantitative estimate of drug-likeness (QED) is 0.816. The topological polar surface area (TPSA) is 72.2 Å². The van der Waals surface area contributed by atoms with Gasteiger partial charge in [0.1, 0.15) is 5.00 Å². The summed E-state index contributed by atoms with van der Waals surface area (Å²) in [5, 5.41) is 3.33. The average molecular weight is 224 g/mol. The highest BCUT2D eigenvalue weighted by molar-refractivity contribution is 7.16. The number of hydrogen-bond acceptors (Lipinski definition) is 3. The number of carbonyl (C=O) groups excluding carboxylic acids is 2. The summed E-state index contributed by atoms with van der Waals surface area (Å²) in [7, 11) is 0. The molecule has 0 radical (unpaired) electrons. The molecule has 0 aromatic carbocycles. The zero-order valence-electron chi connectivity index (χ0n) is 8.37. The van der Waals surface area contributed by atoms with Crippen LogP contribution >= 0.6 is 11.3 Å². The van der Waals surface area contributed by atoms with Crippen LogP contribution < -0.4 is 11.1 Å². The lowest BCUT2D eigenvalue weighted by Crippen LogP contribution is -2.17. The van der Waals surface area contributed by atoms with E-state index in [9.17, 15) is 9.59 Å².